The standard InChI is InChI=1S/C11H12ClO3/c1-14-11(15-8-13)10(7-12)9-5-3-2-4-6-9/h2-6,10-11H,7H2,1H3. The number of hydrogen-bond acceptors (Lipinski definition) is 3. The zero-order valence-electron chi connectivity index (χ0n) is 8.35. The Labute approximate surface area is 93.9 Å². The first-order valence-corrected chi connectivity index (χ1v) is 5.03. The number of hydrogen-bond donors (Lipinski definition) is 0. The van der Waals surface area contributed by atoms with Gasteiger partial charge in [-0.25, -0.2) is 4.79 Å². The number of benzene rings is 1. The van der Waals surface area contributed by atoms with E-state index in [4.69, 9.17) is 16.3 Å². The number of methoxy groups -OCH3 is 1. The summed E-state index contributed by atoms with van der Waals surface area (Å²) in [5.74, 6) is 0.129. The second-order valence-electron chi connectivity index (χ2n) is 2.98. The van der Waals surface area contributed by atoms with Crippen LogP contribution in [-0.4, -0.2) is 25.8 Å². The molecule has 1 aromatic carbocycles. The van der Waals surface area contributed by atoms with Crippen molar-refractivity contribution in [1.82, 2.24) is 0 Å². The minimum atomic E-state index is -0.692. The summed E-state index contributed by atoms with van der Waals surface area (Å²) in [5.41, 5.74) is 0.967. The van der Waals surface area contributed by atoms with E-state index in [0.717, 1.165) is 5.56 Å². The molecule has 0 amide bonds. The highest BCUT2D eigenvalue weighted by molar-refractivity contribution is 6.18. The third-order valence-corrected chi connectivity index (χ3v) is 2.45. The lowest BCUT2D eigenvalue weighted by molar-refractivity contribution is -0.0771. The molecule has 0 N–H and O–H groups in total. The van der Waals surface area contributed by atoms with Gasteiger partial charge in [0.05, 0.1) is 5.92 Å². The zero-order chi connectivity index (χ0) is 11.1. The van der Waals surface area contributed by atoms with E-state index in [9.17, 15) is 4.79 Å². The average Bonchev–Trinajstić information content (AvgIpc) is 2.30. The topological polar surface area (TPSA) is 35.5 Å². The minimum Gasteiger partial charge on any atom is -0.427 e. The molecule has 15 heavy (non-hydrogen) atoms. The third kappa shape index (κ3) is 3.22. The van der Waals surface area contributed by atoms with Crippen molar-refractivity contribution in [3.63, 3.8) is 0 Å². The van der Waals surface area contributed by atoms with Crippen LogP contribution in [0.3, 0.4) is 0 Å². The van der Waals surface area contributed by atoms with Gasteiger partial charge < -0.3 is 9.47 Å². The van der Waals surface area contributed by atoms with Crippen molar-refractivity contribution in [2.75, 3.05) is 13.0 Å². The largest absolute Gasteiger partial charge is 0.427 e. The van der Waals surface area contributed by atoms with Crippen LogP contribution in [-0.2, 0) is 14.3 Å². The summed E-state index contributed by atoms with van der Waals surface area (Å²) >= 11 is 5.82. The van der Waals surface area contributed by atoms with Crippen molar-refractivity contribution < 1.29 is 14.3 Å². The summed E-state index contributed by atoms with van der Waals surface area (Å²) in [7, 11) is 1.46. The quantitative estimate of drug-likeness (QED) is 0.551. The van der Waals surface area contributed by atoms with E-state index >= 15 is 0 Å². The lowest BCUT2D eigenvalue weighted by Gasteiger charge is -2.22. The van der Waals surface area contributed by atoms with Crippen molar-refractivity contribution in [2.45, 2.75) is 12.2 Å². The zero-order valence-corrected chi connectivity index (χ0v) is 9.11. The number of alkyl halides is 1. The SMILES string of the molecule is COC(O[C]=O)C(CCl)c1ccccc1. The highest BCUT2D eigenvalue weighted by Gasteiger charge is 2.23. The summed E-state index contributed by atoms with van der Waals surface area (Å²) < 4.78 is 9.72. The van der Waals surface area contributed by atoms with Crippen LogP contribution in [0.15, 0.2) is 30.3 Å². The van der Waals surface area contributed by atoms with Gasteiger partial charge in [0.15, 0.2) is 0 Å². The summed E-state index contributed by atoms with van der Waals surface area (Å²) in [6.07, 6.45) is -0.692. The summed E-state index contributed by atoms with van der Waals surface area (Å²) in [4.78, 5) is 10.2. The first-order chi connectivity index (χ1) is 7.33. The molecule has 0 bridgehead atoms. The maximum absolute atomic E-state index is 10.2. The van der Waals surface area contributed by atoms with E-state index in [0.29, 0.717) is 5.88 Å². The Bertz CT molecular complexity index is 289. The molecule has 0 aliphatic heterocycles. The minimum absolute atomic E-state index is 0.181. The molecule has 0 fully saturated rings. The molecular formula is C11H12ClO3. The Morgan fingerprint density at radius 1 is 1.40 bits per heavy atom. The van der Waals surface area contributed by atoms with Crippen LogP contribution >= 0.6 is 11.6 Å². The molecule has 0 heterocycles. The van der Waals surface area contributed by atoms with Crippen LogP contribution in [0.5, 0.6) is 0 Å². The summed E-state index contributed by atoms with van der Waals surface area (Å²) in [5, 5.41) is 0. The number of halogens is 1. The van der Waals surface area contributed by atoms with Crippen molar-refractivity contribution >= 4 is 18.1 Å². The highest BCUT2D eigenvalue weighted by atomic mass is 35.5. The Kier molecular flexibility index (Phi) is 5.15. The molecule has 1 aromatic rings. The maximum atomic E-state index is 10.2. The van der Waals surface area contributed by atoms with Gasteiger partial charge in [-0.05, 0) is 5.56 Å². The van der Waals surface area contributed by atoms with Crippen LogP contribution in [0.4, 0.5) is 0 Å². The molecule has 2 unspecified atom stereocenters. The Hall–Kier alpha value is -1.06. The van der Waals surface area contributed by atoms with Crippen LogP contribution in [0, 0.1) is 0 Å². The number of ether oxygens (including phenoxy) is 2. The van der Waals surface area contributed by atoms with Crippen molar-refractivity contribution in [3.8, 4) is 0 Å². The van der Waals surface area contributed by atoms with Crippen molar-refractivity contribution in [1.29, 1.82) is 0 Å². The molecule has 0 spiro atoms. The molecule has 2 atom stereocenters. The van der Waals surface area contributed by atoms with Gasteiger partial charge in [-0.1, -0.05) is 30.3 Å². The number of rotatable bonds is 6. The molecule has 3 nitrogen and oxygen atoms in total. The first-order valence-electron chi connectivity index (χ1n) is 4.50. The molecule has 1 rings (SSSR count). The van der Waals surface area contributed by atoms with E-state index in [1.165, 1.54) is 13.6 Å². The highest BCUT2D eigenvalue weighted by Crippen LogP contribution is 2.23. The molecule has 0 aliphatic rings. The molecule has 0 aromatic heterocycles. The number of carbonyl (C=O) groups excluding carboxylic acids is 1. The molecule has 0 aliphatic carbocycles. The van der Waals surface area contributed by atoms with Gasteiger partial charge in [0.25, 0.3) is 0 Å². The smallest absolute Gasteiger partial charge is 0.419 e. The Balaban J connectivity index is 2.82. The lowest BCUT2D eigenvalue weighted by Crippen LogP contribution is -2.25. The van der Waals surface area contributed by atoms with Crippen LogP contribution in [0.1, 0.15) is 11.5 Å². The predicted molar refractivity (Wildman–Crippen MR) is 57.5 cm³/mol. The third-order valence-electron chi connectivity index (χ3n) is 2.12. The Morgan fingerprint density at radius 3 is 2.53 bits per heavy atom. The fraction of sp³-hybridized carbons (Fsp3) is 0.364. The van der Waals surface area contributed by atoms with Gasteiger partial charge in [-0.3, -0.25) is 0 Å². The normalized spacial score (nSPS) is 14.3. The molecule has 0 saturated heterocycles. The van der Waals surface area contributed by atoms with E-state index in [-0.39, 0.29) is 5.92 Å². The van der Waals surface area contributed by atoms with Gasteiger partial charge in [0.1, 0.15) is 0 Å². The van der Waals surface area contributed by atoms with Crippen molar-refractivity contribution in [2.24, 2.45) is 0 Å². The molecule has 0 saturated carbocycles. The van der Waals surface area contributed by atoms with E-state index < -0.39 is 6.29 Å². The predicted octanol–water partition coefficient (Wildman–Crippen LogP) is 2.07. The van der Waals surface area contributed by atoms with Crippen LogP contribution in [0.25, 0.3) is 0 Å². The summed E-state index contributed by atoms with van der Waals surface area (Å²) in [6, 6.07) is 9.52. The van der Waals surface area contributed by atoms with Gasteiger partial charge >= 0.3 is 6.47 Å². The second-order valence-corrected chi connectivity index (χ2v) is 3.29. The van der Waals surface area contributed by atoms with Gasteiger partial charge in [0.2, 0.25) is 6.29 Å². The Morgan fingerprint density at radius 2 is 2.07 bits per heavy atom. The van der Waals surface area contributed by atoms with Crippen LogP contribution < -0.4 is 0 Å². The van der Waals surface area contributed by atoms with Gasteiger partial charge in [-0.2, -0.15) is 0 Å². The van der Waals surface area contributed by atoms with Crippen LogP contribution in [0.2, 0.25) is 0 Å². The molecule has 81 valence electrons. The van der Waals surface area contributed by atoms with Gasteiger partial charge in [0, 0.05) is 13.0 Å². The van der Waals surface area contributed by atoms with E-state index in [1.807, 2.05) is 30.3 Å². The van der Waals surface area contributed by atoms with E-state index in [1.54, 1.807) is 0 Å². The average molecular weight is 228 g/mol. The lowest BCUT2D eigenvalue weighted by atomic mass is 10.0. The fourth-order valence-electron chi connectivity index (χ4n) is 1.36. The first kappa shape index (κ1) is 12.0. The van der Waals surface area contributed by atoms with E-state index in [2.05, 4.69) is 4.74 Å². The van der Waals surface area contributed by atoms with Crippen molar-refractivity contribution in [3.05, 3.63) is 35.9 Å². The molecule has 1 radical (unpaired) electrons. The summed E-state index contributed by atoms with van der Waals surface area (Å²) in [6.45, 7) is 1.37. The fourth-order valence-corrected chi connectivity index (χ4v) is 1.68. The maximum Gasteiger partial charge on any atom is 0.419 e. The molecular weight excluding hydrogens is 216 g/mol. The molecule has 4 heteroatoms. The monoisotopic (exact) mass is 227 g/mol. The van der Waals surface area contributed by atoms with Gasteiger partial charge in [-0.15, -0.1) is 11.6 Å². The second kappa shape index (κ2) is 6.43.